The summed E-state index contributed by atoms with van der Waals surface area (Å²) >= 11 is 3.04. The van der Waals surface area contributed by atoms with Crippen LogP contribution in [0, 0.1) is 0 Å². The fourth-order valence-corrected chi connectivity index (χ4v) is 5.20. The van der Waals surface area contributed by atoms with Gasteiger partial charge in [-0.1, -0.05) is 30.0 Å². The molecule has 0 bridgehead atoms. The van der Waals surface area contributed by atoms with E-state index >= 15 is 0 Å². The lowest BCUT2D eigenvalue weighted by molar-refractivity contribution is 0.466. The highest BCUT2D eigenvalue weighted by Crippen LogP contribution is 2.29. The van der Waals surface area contributed by atoms with Gasteiger partial charge in [0.05, 0.1) is 5.69 Å². The van der Waals surface area contributed by atoms with Gasteiger partial charge in [0.1, 0.15) is 0 Å². The average molecular weight is 396 g/mol. The zero-order chi connectivity index (χ0) is 18.2. The Morgan fingerprint density at radius 2 is 2.00 bits per heavy atom. The summed E-state index contributed by atoms with van der Waals surface area (Å²) in [6.45, 7) is 0. The van der Waals surface area contributed by atoms with E-state index in [1.165, 1.54) is 23.1 Å². The zero-order valence-electron chi connectivity index (χ0n) is 14.4. The van der Waals surface area contributed by atoms with E-state index in [1.54, 1.807) is 21.8 Å². The Morgan fingerprint density at radius 3 is 2.89 bits per heavy atom. The molecule has 8 heteroatoms. The van der Waals surface area contributed by atoms with E-state index in [1.807, 2.05) is 30.3 Å². The highest BCUT2D eigenvalue weighted by molar-refractivity contribution is 7.98. The van der Waals surface area contributed by atoms with Gasteiger partial charge in [-0.2, -0.15) is 0 Å². The molecule has 3 heterocycles. The number of aromatic nitrogens is 4. The molecule has 0 fully saturated rings. The molecule has 1 aromatic carbocycles. The van der Waals surface area contributed by atoms with Crippen molar-refractivity contribution in [2.75, 3.05) is 0 Å². The normalized spacial score (nSPS) is 13.8. The summed E-state index contributed by atoms with van der Waals surface area (Å²) in [6, 6.07) is 11.3. The molecule has 0 saturated carbocycles. The molecule has 0 unspecified atom stereocenters. The number of hydrogen-bond acceptors (Lipinski definition) is 7. The number of aryl methyl sites for hydroxylation is 2. The molecule has 0 saturated heterocycles. The van der Waals surface area contributed by atoms with Crippen LogP contribution in [0.1, 0.15) is 29.1 Å². The minimum Gasteiger partial charge on any atom is -0.411 e. The zero-order valence-corrected chi connectivity index (χ0v) is 16.1. The first-order valence-corrected chi connectivity index (χ1v) is 10.6. The monoisotopic (exact) mass is 396 g/mol. The lowest BCUT2D eigenvalue weighted by atomic mass is 10.0. The van der Waals surface area contributed by atoms with Crippen molar-refractivity contribution >= 4 is 28.1 Å². The number of fused-ring (bicyclic) bond motifs is 3. The molecule has 3 aromatic heterocycles. The Balaban J connectivity index is 1.38. The van der Waals surface area contributed by atoms with E-state index in [-0.39, 0.29) is 5.56 Å². The number of rotatable bonds is 4. The molecule has 1 aliphatic carbocycles. The van der Waals surface area contributed by atoms with Crippen LogP contribution >= 0.6 is 23.1 Å². The molecule has 6 nitrogen and oxygen atoms in total. The van der Waals surface area contributed by atoms with Crippen LogP contribution in [0.3, 0.4) is 0 Å². The molecular formula is C19H16N4O2S2. The second kappa shape index (κ2) is 6.94. The summed E-state index contributed by atoms with van der Waals surface area (Å²) in [5.41, 5.74) is 2.79. The average Bonchev–Trinajstić information content (AvgIpc) is 3.31. The van der Waals surface area contributed by atoms with Crippen LogP contribution in [0.5, 0.6) is 0 Å². The minimum absolute atomic E-state index is 0.00510. The summed E-state index contributed by atoms with van der Waals surface area (Å²) in [6.07, 6.45) is 4.36. The van der Waals surface area contributed by atoms with Crippen LogP contribution < -0.4 is 5.56 Å². The third-order valence-corrected chi connectivity index (χ3v) is 6.58. The van der Waals surface area contributed by atoms with Crippen molar-refractivity contribution in [3.63, 3.8) is 0 Å². The number of nitrogens with zero attached hydrogens (tertiary/aromatic N) is 4. The van der Waals surface area contributed by atoms with Crippen molar-refractivity contribution < 1.29 is 4.42 Å². The van der Waals surface area contributed by atoms with Crippen LogP contribution in [0.2, 0.25) is 0 Å². The topological polar surface area (TPSA) is 73.3 Å². The van der Waals surface area contributed by atoms with Crippen LogP contribution in [-0.4, -0.2) is 19.6 Å². The molecule has 4 aromatic rings. The van der Waals surface area contributed by atoms with E-state index in [2.05, 4.69) is 10.2 Å². The molecule has 0 atom stereocenters. The second-order valence-electron chi connectivity index (χ2n) is 6.41. The smallest absolute Gasteiger partial charge is 0.277 e. The third kappa shape index (κ3) is 3.19. The fourth-order valence-electron chi connectivity index (χ4n) is 3.32. The first-order valence-electron chi connectivity index (χ1n) is 8.83. The van der Waals surface area contributed by atoms with Gasteiger partial charge in [0.15, 0.2) is 4.96 Å². The van der Waals surface area contributed by atoms with Gasteiger partial charge >= 0.3 is 0 Å². The van der Waals surface area contributed by atoms with E-state index in [0.29, 0.717) is 16.9 Å². The predicted molar refractivity (Wildman–Crippen MR) is 105 cm³/mol. The van der Waals surface area contributed by atoms with E-state index in [0.717, 1.165) is 41.2 Å². The Morgan fingerprint density at radius 1 is 1.15 bits per heavy atom. The fraction of sp³-hybridized carbons (Fsp3) is 0.263. The summed E-state index contributed by atoms with van der Waals surface area (Å²) in [7, 11) is 0. The maximum atomic E-state index is 12.6. The van der Waals surface area contributed by atoms with E-state index < -0.39 is 0 Å². The minimum atomic E-state index is 0.00510. The Labute approximate surface area is 163 Å². The van der Waals surface area contributed by atoms with Crippen molar-refractivity contribution in [3.8, 4) is 11.5 Å². The molecule has 0 aliphatic heterocycles. The first kappa shape index (κ1) is 16.7. The summed E-state index contributed by atoms with van der Waals surface area (Å²) < 4.78 is 7.49. The quantitative estimate of drug-likeness (QED) is 0.486. The van der Waals surface area contributed by atoms with E-state index in [4.69, 9.17) is 9.40 Å². The predicted octanol–water partition coefficient (Wildman–Crippen LogP) is 3.98. The molecule has 27 heavy (non-hydrogen) atoms. The van der Waals surface area contributed by atoms with Gasteiger partial charge in [0.2, 0.25) is 5.89 Å². The number of thiazole rings is 1. The van der Waals surface area contributed by atoms with Gasteiger partial charge in [0, 0.05) is 28.0 Å². The Kier molecular flexibility index (Phi) is 4.29. The lowest BCUT2D eigenvalue weighted by Gasteiger charge is -2.09. The van der Waals surface area contributed by atoms with Gasteiger partial charge in [0.25, 0.3) is 10.8 Å². The molecular weight excluding hydrogens is 380 g/mol. The number of hydrogen-bond donors (Lipinski definition) is 0. The molecule has 1 aliphatic rings. The number of thioether (sulfide) groups is 1. The van der Waals surface area contributed by atoms with Crippen molar-refractivity contribution in [2.24, 2.45) is 0 Å². The standard InChI is InChI=1S/C19H16N4O2S2/c24-16-10-13(20-18-23(16)14-8-4-5-9-15(14)27-18)11-26-19-22-21-17(25-19)12-6-2-1-3-7-12/h1-3,6-7,10H,4-5,8-9,11H2. The Hall–Kier alpha value is -2.45. The van der Waals surface area contributed by atoms with Crippen molar-refractivity contribution in [1.82, 2.24) is 19.6 Å². The van der Waals surface area contributed by atoms with Crippen LogP contribution in [0.15, 0.2) is 50.8 Å². The van der Waals surface area contributed by atoms with Crippen LogP contribution in [-0.2, 0) is 18.6 Å². The molecule has 0 radical (unpaired) electrons. The first-order chi connectivity index (χ1) is 13.3. The largest absolute Gasteiger partial charge is 0.411 e. The summed E-state index contributed by atoms with van der Waals surface area (Å²) in [5.74, 6) is 1.01. The molecule has 5 rings (SSSR count). The molecule has 0 N–H and O–H groups in total. The van der Waals surface area contributed by atoms with Crippen molar-refractivity contribution in [2.45, 2.75) is 36.7 Å². The van der Waals surface area contributed by atoms with Crippen molar-refractivity contribution in [1.29, 1.82) is 0 Å². The van der Waals surface area contributed by atoms with Gasteiger partial charge in [-0.15, -0.1) is 21.5 Å². The molecule has 0 spiro atoms. The van der Waals surface area contributed by atoms with Crippen LogP contribution in [0.25, 0.3) is 16.4 Å². The third-order valence-electron chi connectivity index (χ3n) is 4.59. The van der Waals surface area contributed by atoms with E-state index in [9.17, 15) is 4.79 Å². The second-order valence-corrected chi connectivity index (χ2v) is 8.40. The molecule has 0 amide bonds. The highest BCUT2D eigenvalue weighted by Gasteiger charge is 2.18. The lowest BCUT2D eigenvalue weighted by Crippen LogP contribution is -2.17. The molecule has 136 valence electrons. The number of benzene rings is 1. The summed E-state index contributed by atoms with van der Waals surface area (Å²) in [4.78, 5) is 19.4. The van der Waals surface area contributed by atoms with Gasteiger partial charge in [-0.05, 0) is 37.8 Å². The Bertz CT molecular complexity index is 1160. The van der Waals surface area contributed by atoms with Crippen LogP contribution in [0.4, 0.5) is 0 Å². The SMILES string of the molecule is O=c1cc(CSc2nnc(-c3ccccc3)o2)nc2sc3c(n12)CCCC3. The maximum absolute atomic E-state index is 12.6. The van der Waals surface area contributed by atoms with Gasteiger partial charge in [-0.3, -0.25) is 9.20 Å². The highest BCUT2D eigenvalue weighted by atomic mass is 32.2. The van der Waals surface area contributed by atoms with Gasteiger partial charge in [-0.25, -0.2) is 4.98 Å². The van der Waals surface area contributed by atoms with Gasteiger partial charge < -0.3 is 4.42 Å². The van der Waals surface area contributed by atoms with Crippen molar-refractivity contribution in [3.05, 3.63) is 63.0 Å². The summed E-state index contributed by atoms with van der Waals surface area (Å²) in [5, 5.41) is 8.65. The maximum Gasteiger partial charge on any atom is 0.277 e.